The molecule has 0 bridgehead atoms. The van der Waals surface area contributed by atoms with Crippen LogP contribution in [0.1, 0.15) is 26.5 Å². The SMILES string of the molecule is Cc1ccc([N+](=O)[O-])c(NC(C)C(=O)NC(C)C)n1. The van der Waals surface area contributed by atoms with Crippen molar-refractivity contribution < 1.29 is 9.72 Å². The van der Waals surface area contributed by atoms with Crippen LogP contribution in [0.3, 0.4) is 0 Å². The first-order valence-electron chi connectivity index (χ1n) is 6.00. The molecule has 0 aliphatic carbocycles. The fraction of sp³-hybridized carbons (Fsp3) is 0.500. The molecule has 0 aliphatic heterocycles. The van der Waals surface area contributed by atoms with Crippen molar-refractivity contribution in [3.05, 3.63) is 27.9 Å². The Morgan fingerprint density at radius 2 is 2.00 bits per heavy atom. The third-order valence-electron chi connectivity index (χ3n) is 2.39. The van der Waals surface area contributed by atoms with Gasteiger partial charge in [0, 0.05) is 17.8 Å². The molecule has 1 aromatic heterocycles. The Balaban J connectivity index is 2.89. The minimum atomic E-state index is -0.601. The molecule has 0 saturated carbocycles. The molecule has 0 spiro atoms. The van der Waals surface area contributed by atoms with Crippen LogP contribution >= 0.6 is 0 Å². The van der Waals surface area contributed by atoms with E-state index >= 15 is 0 Å². The largest absolute Gasteiger partial charge is 0.353 e. The number of amides is 1. The summed E-state index contributed by atoms with van der Waals surface area (Å²) in [5, 5.41) is 16.4. The average molecular weight is 266 g/mol. The molecule has 0 fully saturated rings. The Morgan fingerprint density at radius 1 is 1.37 bits per heavy atom. The summed E-state index contributed by atoms with van der Waals surface area (Å²) in [5.74, 6) is -0.121. The molecule has 0 aliphatic rings. The summed E-state index contributed by atoms with van der Waals surface area (Å²) >= 11 is 0. The van der Waals surface area contributed by atoms with E-state index in [0.29, 0.717) is 5.69 Å². The first-order chi connectivity index (χ1) is 8.81. The van der Waals surface area contributed by atoms with E-state index in [1.165, 1.54) is 6.07 Å². The van der Waals surface area contributed by atoms with Gasteiger partial charge in [-0.15, -0.1) is 0 Å². The number of hydrogen-bond acceptors (Lipinski definition) is 5. The summed E-state index contributed by atoms with van der Waals surface area (Å²) in [5.41, 5.74) is 0.499. The first-order valence-corrected chi connectivity index (χ1v) is 6.00. The fourth-order valence-corrected chi connectivity index (χ4v) is 1.48. The van der Waals surface area contributed by atoms with Crippen LogP contribution < -0.4 is 10.6 Å². The summed E-state index contributed by atoms with van der Waals surface area (Å²) in [6, 6.07) is 2.34. The van der Waals surface area contributed by atoms with Crippen molar-refractivity contribution in [2.45, 2.75) is 39.8 Å². The number of carbonyl (C=O) groups is 1. The van der Waals surface area contributed by atoms with E-state index in [1.54, 1.807) is 19.9 Å². The van der Waals surface area contributed by atoms with Crippen LogP contribution in [0, 0.1) is 17.0 Å². The van der Waals surface area contributed by atoms with E-state index in [0.717, 1.165) is 0 Å². The van der Waals surface area contributed by atoms with Gasteiger partial charge in [0.1, 0.15) is 6.04 Å². The molecule has 7 heteroatoms. The van der Waals surface area contributed by atoms with Crippen molar-refractivity contribution in [3.8, 4) is 0 Å². The number of aryl methyl sites for hydroxylation is 1. The molecule has 1 aromatic rings. The third-order valence-corrected chi connectivity index (χ3v) is 2.39. The molecule has 1 rings (SSSR count). The van der Waals surface area contributed by atoms with Crippen molar-refractivity contribution in [2.24, 2.45) is 0 Å². The van der Waals surface area contributed by atoms with Gasteiger partial charge in [0.25, 0.3) is 0 Å². The predicted molar refractivity (Wildman–Crippen MR) is 72.0 cm³/mol. The van der Waals surface area contributed by atoms with Crippen LogP contribution in [-0.2, 0) is 4.79 Å². The van der Waals surface area contributed by atoms with Crippen LogP contribution in [0.4, 0.5) is 11.5 Å². The Labute approximate surface area is 111 Å². The van der Waals surface area contributed by atoms with Gasteiger partial charge >= 0.3 is 5.69 Å². The van der Waals surface area contributed by atoms with Crippen molar-refractivity contribution in [2.75, 3.05) is 5.32 Å². The molecule has 1 heterocycles. The van der Waals surface area contributed by atoms with Crippen molar-refractivity contribution in [3.63, 3.8) is 0 Å². The summed E-state index contributed by atoms with van der Waals surface area (Å²) < 4.78 is 0. The number of aromatic nitrogens is 1. The molecule has 1 unspecified atom stereocenters. The highest BCUT2D eigenvalue weighted by atomic mass is 16.6. The summed E-state index contributed by atoms with van der Waals surface area (Å²) in [6.07, 6.45) is 0. The highest BCUT2D eigenvalue weighted by Crippen LogP contribution is 2.22. The smallest absolute Gasteiger partial charge is 0.311 e. The minimum absolute atomic E-state index is 0.0113. The highest BCUT2D eigenvalue weighted by molar-refractivity contribution is 5.84. The number of carbonyl (C=O) groups excluding carboxylic acids is 1. The van der Waals surface area contributed by atoms with Gasteiger partial charge in [-0.1, -0.05) is 0 Å². The van der Waals surface area contributed by atoms with E-state index < -0.39 is 11.0 Å². The normalized spacial score (nSPS) is 12.1. The van der Waals surface area contributed by atoms with Gasteiger partial charge in [-0.25, -0.2) is 4.98 Å². The zero-order valence-electron chi connectivity index (χ0n) is 11.4. The average Bonchev–Trinajstić information content (AvgIpc) is 2.27. The predicted octanol–water partition coefficient (Wildman–Crippen LogP) is 1.62. The minimum Gasteiger partial charge on any atom is -0.353 e. The maximum absolute atomic E-state index is 11.8. The van der Waals surface area contributed by atoms with Crippen LogP contribution in [0.5, 0.6) is 0 Å². The highest BCUT2D eigenvalue weighted by Gasteiger charge is 2.20. The Bertz CT molecular complexity index is 488. The maximum Gasteiger partial charge on any atom is 0.311 e. The van der Waals surface area contributed by atoms with Gasteiger partial charge in [0.2, 0.25) is 11.7 Å². The molecule has 1 atom stereocenters. The molecule has 2 N–H and O–H groups in total. The lowest BCUT2D eigenvalue weighted by molar-refractivity contribution is -0.384. The van der Waals surface area contributed by atoms with Gasteiger partial charge in [-0.3, -0.25) is 14.9 Å². The second-order valence-corrected chi connectivity index (χ2v) is 4.61. The Morgan fingerprint density at radius 3 is 2.53 bits per heavy atom. The van der Waals surface area contributed by atoms with Crippen molar-refractivity contribution in [1.82, 2.24) is 10.3 Å². The zero-order chi connectivity index (χ0) is 14.6. The molecule has 0 aromatic carbocycles. The molecule has 19 heavy (non-hydrogen) atoms. The number of nitro groups is 1. The molecule has 0 saturated heterocycles. The van der Waals surface area contributed by atoms with E-state index in [-0.39, 0.29) is 23.5 Å². The van der Waals surface area contributed by atoms with E-state index in [9.17, 15) is 14.9 Å². The lowest BCUT2D eigenvalue weighted by Gasteiger charge is -2.16. The number of anilines is 1. The van der Waals surface area contributed by atoms with E-state index in [1.807, 2.05) is 13.8 Å². The van der Waals surface area contributed by atoms with Crippen LogP contribution in [-0.4, -0.2) is 27.9 Å². The van der Waals surface area contributed by atoms with E-state index in [4.69, 9.17) is 0 Å². The maximum atomic E-state index is 11.8. The van der Waals surface area contributed by atoms with Gasteiger partial charge < -0.3 is 10.6 Å². The molecule has 0 radical (unpaired) electrons. The number of pyridine rings is 1. The second kappa shape index (κ2) is 6.12. The number of nitrogens with zero attached hydrogens (tertiary/aromatic N) is 2. The number of rotatable bonds is 5. The quantitative estimate of drug-likeness (QED) is 0.623. The monoisotopic (exact) mass is 266 g/mol. The van der Waals surface area contributed by atoms with Crippen LogP contribution in [0.25, 0.3) is 0 Å². The van der Waals surface area contributed by atoms with Crippen molar-refractivity contribution in [1.29, 1.82) is 0 Å². The Hall–Kier alpha value is -2.18. The van der Waals surface area contributed by atoms with Gasteiger partial charge in [-0.05, 0) is 33.8 Å². The Kier molecular flexibility index (Phi) is 4.80. The third kappa shape index (κ3) is 4.20. The van der Waals surface area contributed by atoms with Gasteiger partial charge in [-0.2, -0.15) is 0 Å². The summed E-state index contributed by atoms with van der Waals surface area (Å²) in [4.78, 5) is 26.2. The lowest BCUT2D eigenvalue weighted by Crippen LogP contribution is -2.41. The molecule has 1 amide bonds. The van der Waals surface area contributed by atoms with E-state index in [2.05, 4.69) is 15.6 Å². The fourth-order valence-electron chi connectivity index (χ4n) is 1.48. The molecule has 7 nitrogen and oxygen atoms in total. The summed E-state index contributed by atoms with van der Waals surface area (Å²) in [7, 11) is 0. The zero-order valence-corrected chi connectivity index (χ0v) is 11.4. The van der Waals surface area contributed by atoms with Crippen LogP contribution in [0.2, 0.25) is 0 Å². The first kappa shape index (κ1) is 14.9. The number of hydrogen-bond donors (Lipinski definition) is 2. The van der Waals surface area contributed by atoms with Gasteiger partial charge in [0.15, 0.2) is 0 Å². The topological polar surface area (TPSA) is 97.2 Å². The van der Waals surface area contributed by atoms with Crippen LogP contribution in [0.15, 0.2) is 12.1 Å². The van der Waals surface area contributed by atoms with Crippen molar-refractivity contribution >= 4 is 17.4 Å². The summed E-state index contributed by atoms with van der Waals surface area (Å²) in [6.45, 7) is 7.05. The number of nitrogens with one attached hydrogen (secondary N) is 2. The second-order valence-electron chi connectivity index (χ2n) is 4.61. The molecule has 104 valence electrons. The standard InChI is InChI=1S/C12H18N4O3/c1-7(2)13-12(17)9(4)15-11-10(16(18)19)6-5-8(3)14-11/h5-7,9H,1-4H3,(H,13,17)(H,14,15). The van der Waals surface area contributed by atoms with Gasteiger partial charge in [0.05, 0.1) is 4.92 Å². The molecular formula is C12H18N4O3. The molecular weight excluding hydrogens is 248 g/mol. The lowest BCUT2D eigenvalue weighted by atomic mass is 10.2.